The Hall–Kier alpha value is -4.71. The molecule has 0 aliphatic rings. The maximum atomic E-state index is 10.1. The van der Waals surface area contributed by atoms with Crippen LogP contribution in [0.5, 0.6) is 17.2 Å². The summed E-state index contributed by atoms with van der Waals surface area (Å²) in [6.07, 6.45) is 0. The van der Waals surface area contributed by atoms with Crippen LogP contribution in [0.15, 0.2) is 51.9 Å². The van der Waals surface area contributed by atoms with Crippen LogP contribution < -0.4 is 19.9 Å². The highest BCUT2D eigenvalue weighted by Crippen LogP contribution is 2.42. The number of aryl methyl sites for hydroxylation is 1. The number of ether oxygens (including phenoxy) is 3. The number of pyridine rings is 1. The standard InChI is InChI=1S/C28H25N5O5S/c1-16-21(32-27(38-16)18-7-10-22(35-3)23(13-18)36-4)15-39-28-20(14-29)24(25(31-2)26(30)33-28)17-5-8-19(9-6-17)37-12-11-34/h5-10,13,34H,11-12,15H2,1,3-4H3,(H2,30,33). The van der Waals surface area contributed by atoms with Crippen molar-refractivity contribution in [2.24, 2.45) is 0 Å². The maximum Gasteiger partial charge on any atom is 0.236 e. The lowest BCUT2D eigenvalue weighted by Gasteiger charge is -2.13. The average molecular weight is 544 g/mol. The number of nitrogens with two attached hydrogens (primary N) is 1. The maximum absolute atomic E-state index is 10.1. The molecule has 0 radical (unpaired) electrons. The fraction of sp³-hybridized carbons (Fsp3) is 0.214. The van der Waals surface area contributed by atoms with E-state index in [4.69, 9.17) is 36.0 Å². The minimum Gasteiger partial charge on any atom is -0.493 e. The van der Waals surface area contributed by atoms with Crippen LogP contribution in [-0.4, -0.2) is 42.5 Å². The largest absolute Gasteiger partial charge is 0.493 e. The second-order valence-corrected chi connectivity index (χ2v) is 9.07. The van der Waals surface area contributed by atoms with Crippen molar-refractivity contribution in [3.63, 3.8) is 0 Å². The van der Waals surface area contributed by atoms with E-state index < -0.39 is 0 Å². The lowest BCUT2D eigenvalue weighted by atomic mass is 10.00. The second-order valence-electron chi connectivity index (χ2n) is 8.10. The van der Waals surface area contributed by atoms with Crippen LogP contribution in [0.4, 0.5) is 11.5 Å². The minimum absolute atomic E-state index is 0.0324. The fourth-order valence-electron chi connectivity index (χ4n) is 3.85. The minimum atomic E-state index is -0.107. The Balaban J connectivity index is 1.65. The van der Waals surface area contributed by atoms with Gasteiger partial charge in [0.1, 0.15) is 35.0 Å². The number of nitrogen functional groups attached to an aromatic ring is 1. The number of aliphatic hydroxyl groups excluding tert-OH is 1. The normalized spacial score (nSPS) is 10.5. The Kier molecular flexibility index (Phi) is 8.56. The summed E-state index contributed by atoms with van der Waals surface area (Å²) < 4.78 is 22.0. The third-order valence-electron chi connectivity index (χ3n) is 5.76. The molecule has 0 aliphatic carbocycles. The van der Waals surface area contributed by atoms with Crippen molar-refractivity contribution in [1.82, 2.24) is 9.97 Å². The van der Waals surface area contributed by atoms with Crippen LogP contribution in [0.25, 0.3) is 27.4 Å². The summed E-state index contributed by atoms with van der Waals surface area (Å²) in [5, 5.41) is 19.4. The van der Waals surface area contributed by atoms with Crippen molar-refractivity contribution in [3.8, 4) is 45.9 Å². The van der Waals surface area contributed by atoms with Crippen molar-refractivity contribution in [3.05, 3.63) is 70.9 Å². The van der Waals surface area contributed by atoms with Gasteiger partial charge in [-0.3, -0.25) is 0 Å². The van der Waals surface area contributed by atoms with Gasteiger partial charge in [0.15, 0.2) is 11.5 Å². The van der Waals surface area contributed by atoms with Crippen molar-refractivity contribution < 1.29 is 23.7 Å². The number of thioether (sulfide) groups is 1. The molecule has 2 heterocycles. The van der Waals surface area contributed by atoms with E-state index in [0.717, 1.165) is 5.56 Å². The second kappa shape index (κ2) is 12.2. The number of rotatable bonds is 10. The molecule has 0 saturated heterocycles. The molecule has 0 saturated carbocycles. The zero-order chi connectivity index (χ0) is 27.9. The van der Waals surface area contributed by atoms with Gasteiger partial charge in [-0.05, 0) is 42.8 Å². The molecule has 0 unspecified atom stereocenters. The Morgan fingerprint density at radius 1 is 1.10 bits per heavy atom. The van der Waals surface area contributed by atoms with Crippen LogP contribution in [0, 0.1) is 24.8 Å². The van der Waals surface area contributed by atoms with Crippen molar-refractivity contribution in [2.45, 2.75) is 17.7 Å². The van der Waals surface area contributed by atoms with Gasteiger partial charge in [0.2, 0.25) is 11.6 Å². The highest BCUT2D eigenvalue weighted by molar-refractivity contribution is 7.98. The summed E-state index contributed by atoms with van der Waals surface area (Å²) in [5.74, 6) is 3.14. The van der Waals surface area contributed by atoms with Crippen molar-refractivity contribution in [2.75, 3.05) is 33.2 Å². The van der Waals surface area contributed by atoms with Crippen LogP contribution in [0.2, 0.25) is 0 Å². The number of aromatic nitrogens is 2. The molecule has 0 aliphatic heterocycles. The van der Waals surface area contributed by atoms with Gasteiger partial charge in [0.25, 0.3) is 0 Å². The van der Waals surface area contributed by atoms with Gasteiger partial charge < -0.3 is 29.5 Å². The van der Waals surface area contributed by atoms with E-state index in [9.17, 15) is 5.26 Å². The Bertz CT molecular complexity index is 1570. The first-order chi connectivity index (χ1) is 18.9. The molecule has 2 aromatic carbocycles. The predicted molar refractivity (Wildman–Crippen MR) is 147 cm³/mol. The highest BCUT2D eigenvalue weighted by Gasteiger charge is 2.22. The molecule has 10 nitrogen and oxygen atoms in total. The van der Waals surface area contributed by atoms with Gasteiger partial charge in [-0.25, -0.2) is 14.8 Å². The Morgan fingerprint density at radius 3 is 2.46 bits per heavy atom. The summed E-state index contributed by atoms with van der Waals surface area (Å²) in [4.78, 5) is 12.6. The van der Waals surface area contributed by atoms with E-state index in [2.05, 4.69) is 20.9 Å². The van der Waals surface area contributed by atoms with Crippen molar-refractivity contribution >= 4 is 23.3 Å². The summed E-state index contributed by atoms with van der Waals surface area (Å²) in [7, 11) is 3.13. The number of methoxy groups -OCH3 is 2. The van der Waals surface area contributed by atoms with E-state index >= 15 is 0 Å². The first-order valence-electron chi connectivity index (χ1n) is 11.7. The fourth-order valence-corrected chi connectivity index (χ4v) is 4.84. The number of nitrogens with zero attached hydrogens (tertiary/aromatic N) is 4. The Labute approximate surface area is 229 Å². The lowest BCUT2D eigenvalue weighted by molar-refractivity contribution is 0.201. The van der Waals surface area contributed by atoms with Crippen LogP contribution in [0.1, 0.15) is 17.0 Å². The van der Waals surface area contributed by atoms with E-state index in [0.29, 0.717) is 56.5 Å². The zero-order valence-corrected chi connectivity index (χ0v) is 22.3. The number of oxazole rings is 1. The number of nitriles is 1. The number of benzene rings is 2. The molecule has 0 fully saturated rings. The highest BCUT2D eigenvalue weighted by atomic mass is 32.2. The first kappa shape index (κ1) is 27.3. The Morgan fingerprint density at radius 2 is 1.82 bits per heavy atom. The number of hydrogen-bond donors (Lipinski definition) is 2. The number of hydrogen-bond acceptors (Lipinski definition) is 10. The molecule has 4 aromatic rings. The smallest absolute Gasteiger partial charge is 0.236 e. The van der Waals surface area contributed by atoms with Gasteiger partial charge in [0.05, 0.1) is 38.7 Å². The molecule has 11 heteroatoms. The zero-order valence-electron chi connectivity index (χ0n) is 21.5. The van der Waals surface area contributed by atoms with E-state index in [1.54, 1.807) is 50.6 Å². The molecule has 4 rings (SSSR count). The topological polar surface area (TPSA) is 141 Å². The van der Waals surface area contributed by atoms with Crippen molar-refractivity contribution in [1.29, 1.82) is 5.26 Å². The third-order valence-corrected chi connectivity index (χ3v) is 6.75. The molecule has 0 bridgehead atoms. The SMILES string of the molecule is [C-]#[N+]c1c(N)nc(SCc2nc(-c3ccc(OC)c(OC)c3)oc2C)c(C#N)c1-c1ccc(OCCO)cc1. The third kappa shape index (κ3) is 5.75. The van der Waals surface area contributed by atoms with E-state index in [-0.39, 0.29) is 30.3 Å². The molecular formula is C28H25N5O5S. The van der Waals surface area contributed by atoms with Crippen LogP contribution in [0.3, 0.4) is 0 Å². The van der Waals surface area contributed by atoms with E-state index in [1.165, 1.54) is 11.8 Å². The summed E-state index contributed by atoms with van der Waals surface area (Å²) in [6, 6.07) is 14.5. The molecule has 0 amide bonds. The molecule has 198 valence electrons. The van der Waals surface area contributed by atoms with Gasteiger partial charge in [0, 0.05) is 16.9 Å². The summed E-state index contributed by atoms with van der Waals surface area (Å²) in [5.41, 5.74) is 8.93. The number of aliphatic hydroxyl groups is 1. The van der Waals surface area contributed by atoms with Gasteiger partial charge >= 0.3 is 0 Å². The molecular weight excluding hydrogens is 518 g/mol. The summed E-state index contributed by atoms with van der Waals surface area (Å²) >= 11 is 1.28. The van der Waals surface area contributed by atoms with Gasteiger partial charge in [-0.15, -0.1) is 0 Å². The molecule has 2 aromatic heterocycles. The first-order valence-corrected chi connectivity index (χ1v) is 12.7. The molecule has 3 N–H and O–H groups in total. The van der Waals surface area contributed by atoms with Crippen LogP contribution in [-0.2, 0) is 5.75 Å². The van der Waals surface area contributed by atoms with E-state index in [1.807, 2.05) is 13.0 Å². The van der Waals surface area contributed by atoms with Gasteiger partial charge in [-0.1, -0.05) is 23.9 Å². The predicted octanol–water partition coefficient (Wildman–Crippen LogP) is 5.40. The van der Waals surface area contributed by atoms with Crippen LogP contribution >= 0.6 is 11.8 Å². The summed E-state index contributed by atoms with van der Waals surface area (Å²) in [6.45, 7) is 9.52. The average Bonchev–Trinajstić information content (AvgIpc) is 3.34. The lowest BCUT2D eigenvalue weighted by Crippen LogP contribution is -2.02. The molecule has 0 atom stereocenters. The quantitative estimate of drug-likeness (QED) is 0.197. The molecule has 39 heavy (non-hydrogen) atoms. The number of anilines is 1. The van der Waals surface area contributed by atoms with Gasteiger partial charge in [-0.2, -0.15) is 5.26 Å². The molecule has 0 spiro atoms. The monoisotopic (exact) mass is 543 g/mol.